The highest BCUT2D eigenvalue weighted by molar-refractivity contribution is 5.84. The standard InChI is InChI=1S/C19H24N4O4/c1-26-19-14(8-13-4-2-3-5-16(13)22-19)11-23-6-7-27-12-15(23)9-18(25)21-10-17(20)24/h2-5,8,15H,6-7,9-12H2,1H3,(H2,20,24)(H,21,25). The summed E-state index contributed by atoms with van der Waals surface area (Å²) < 4.78 is 11.0. The number of ether oxygens (including phenoxy) is 2. The number of nitrogens with two attached hydrogens (primary N) is 1. The van der Waals surface area contributed by atoms with Gasteiger partial charge in [-0.2, -0.15) is 0 Å². The number of primary amides is 1. The summed E-state index contributed by atoms with van der Waals surface area (Å²) in [7, 11) is 1.61. The molecule has 0 spiro atoms. The molecule has 0 radical (unpaired) electrons. The van der Waals surface area contributed by atoms with Crippen molar-refractivity contribution < 1.29 is 19.1 Å². The van der Waals surface area contributed by atoms with Crippen LogP contribution in [0.3, 0.4) is 0 Å². The van der Waals surface area contributed by atoms with E-state index in [1.54, 1.807) is 7.11 Å². The molecule has 1 atom stereocenters. The summed E-state index contributed by atoms with van der Waals surface area (Å²) in [6.07, 6.45) is 0.233. The molecule has 2 amide bonds. The first-order chi connectivity index (χ1) is 13.1. The lowest BCUT2D eigenvalue weighted by Gasteiger charge is -2.35. The molecule has 0 aliphatic carbocycles. The highest BCUT2D eigenvalue weighted by Crippen LogP contribution is 2.25. The summed E-state index contributed by atoms with van der Waals surface area (Å²) in [6.45, 7) is 2.19. The Hall–Kier alpha value is -2.71. The number of nitrogens with zero attached hydrogens (tertiary/aromatic N) is 2. The summed E-state index contributed by atoms with van der Waals surface area (Å²) in [5.41, 5.74) is 6.91. The predicted octanol–water partition coefficient (Wildman–Crippen LogP) is 0.436. The van der Waals surface area contributed by atoms with Gasteiger partial charge in [0.15, 0.2) is 0 Å². The van der Waals surface area contributed by atoms with Gasteiger partial charge >= 0.3 is 0 Å². The molecule has 8 nitrogen and oxygen atoms in total. The third-order valence-electron chi connectivity index (χ3n) is 4.56. The molecule has 1 aliphatic heterocycles. The molecule has 3 rings (SSSR count). The van der Waals surface area contributed by atoms with Crippen LogP contribution in [0.15, 0.2) is 30.3 Å². The first kappa shape index (κ1) is 19.1. The van der Waals surface area contributed by atoms with Gasteiger partial charge < -0.3 is 20.5 Å². The summed E-state index contributed by atoms with van der Waals surface area (Å²) in [6, 6.07) is 9.85. The van der Waals surface area contributed by atoms with E-state index in [-0.39, 0.29) is 24.9 Å². The van der Waals surface area contributed by atoms with Gasteiger partial charge in [-0.05, 0) is 12.1 Å². The first-order valence-corrected chi connectivity index (χ1v) is 8.86. The molecule has 2 heterocycles. The predicted molar refractivity (Wildman–Crippen MR) is 100 cm³/mol. The van der Waals surface area contributed by atoms with Crippen LogP contribution in [0.5, 0.6) is 5.88 Å². The van der Waals surface area contributed by atoms with Crippen molar-refractivity contribution >= 4 is 22.7 Å². The van der Waals surface area contributed by atoms with E-state index in [1.165, 1.54) is 0 Å². The summed E-state index contributed by atoms with van der Waals surface area (Å²) in [5, 5.41) is 3.57. The monoisotopic (exact) mass is 372 g/mol. The number of carbonyl (C=O) groups excluding carboxylic acids is 2. The molecule has 1 aromatic carbocycles. The molecular weight excluding hydrogens is 348 g/mol. The van der Waals surface area contributed by atoms with Gasteiger partial charge in [0.1, 0.15) is 0 Å². The first-order valence-electron chi connectivity index (χ1n) is 8.86. The number of hydrogen-bond donors (Lipinski definition) is 2. The van der Waals surface area contributed by atoms with E-state index in [1.807, 2.05) is 24.3 Å². The lowest BCUT2D eigenvalue weighted by atomic mass is 10.1. The van der Waals surface area contributed by atoms with Crippen LogP contribution in [0.2, 0.25) is 0 Å². The molecule has 1 saturated heterocycles. The number of pyridine rings is 1. The third kappa shape index (κ3) is 4.93. The van der Waals surface area contributed by atoms with E-state index in [0.29, 0.717) is 32.2 Å². The quantitative estimate of drug-likeness (QED) is 0.730. The fourth-order valence-corrected chi connectivity index (χ4v) is 3.21. The Labute approximate surface area is 157 Å². The molecule has 1 fully saturated rings. The zero-order valence-corrected chi connectivity index (χ0v) is 15.3. The fourth-order valence-electron chi connectivity index (χ4n) is 3.21. The van der Waals surface area contributed by atoms with Gasteiger partial charge in [0.2, 0.25) is 17.7 Å². The highest BCUT2D eigenvalue weighted by atomic mass is 16.5. The number of para-hydroxylation sites is 1. The van der Waals surface area contributed by atoms with Crippen LogP contribution in [-0.4, -0.2) is 61.2 Å². The van der Waals surface area contributed by atoms with Gasteiger partial charge in [0, 0.05) is 36.5 Å². The maximum Gasteiger partial charge on any atom is 0.236 e. The van der Waals surface area contributed by atoms with Gasteiger partial charge in [-0.3, -0.25) is 14.5 Å². The summed E-state index contributed by atoms with van der Waals surface area (Å²) in [4.78, 5) is 29.7. The van der Waals surface area contributed by atoms with Crippen molar-refractivity contribution in [2.45, 2.75) is 19.0 Å². The smallest absolute Gasteiger partial charge is 0.236 e. The average Bonchev–Trinajstić information content (AvgIpc) is 2.67. The van der Waals surface area contributed by atoms with Crippen molar-refractivity contribution in [1.82, 2.24) is 15.2 Å². The largest absolute Gasteiger partial charge is 0.481 e. The van der Waals surface area contributed by atoms with Gasteiger partial charge in [-0.25, -0.2) is 4.98 Å². The third-order valence-corrected chi connectivity index (χ3v) is 4.56. The van der Waals surface area contributed by atoms with E-state index >= 15 is 0 Å². The maximum absolute atomic E-state index is 12.1. The van der Waals surface area contributed by atoms with Crippen molar-refractivity contribution in [2.24, 2.45) is 5.73 Å². The molecular formula is C19H24N4O4. The topological polar surface area (TPSA) is 107 Å². The van der Waals surface area contributed by atoms with Crippen molar-refractivity contribution in [3.05, 3.63) is 35.9 Å². The van der Waals surface area contributed by atoms with Crippen LogP contribution in [0.25, 0.3) is 10.9 Å². The Balaban J connectivity index is 1.74. The summed E-state index contributed by atoms with van der Waals surface area (Å²) >= 11 is 0. The normalized spacial score (nSPS) is 17.6. The second-order valence-electron chi connectivity index (χ2n) is 6.50. The van der Waals surface area contributed by atoms with Crippen LogP contribution >= 0.6 is 0 Å². The number of benzene rings is 1. The summed E-state index contributed by atoms with van der Waals surface area (Å²) in [5.74, 6) is -0.206. The van der Waals surface area contributed by atoms with Crippen molar-refractivity contribution in [2.75, 3.05) is 33.4 Å². The number of morpholine rings is 1. The zero-order valence-electron chi connectivity index (χ0n) is 15.3. The number of aromatic nitrogens is 1. The molecule has 0 bridgehead atoms. The maximum atomic E-state index is 12.1. The Bertz CT molecular complexity index is 826. The Morgan fingerprint density at radius 1 is 1.41 bits per heavy atom. The average molecular weight is 372 g/mol. The number of methoxy groups -OCH3 is 1. The Kier molecular flexibility index (Phi) is 6.20. The second kappa shape index (κ2) is 8.79. The van der Waals surface area contributed by atoms with Crippen LogP contribution in [0, 0.1) is 0 Å². The number of carbonyl (C=O) groups is 2. The van der Waals surface area contributed by atoms with E-state index in [9.17, 15) is 9.59 Å². The van der Waals surface area contributed by atoms with Crippen LogP contribution < -0.4 is 15.8 Å². The minimum Gasteiger partial charge on any atom is -0.481 e. The Morgan fingerprint density at radius 3 is 3.00 bits per heavy atom. The zero-order chi connectivity index (χ0) is 19.2. The Morgan fingerprint density at radius 2 is 2.22 bits per heavy atom. The van der Waals surface area contributed by atoms with Crippen molar-refractivity contribution in [1.29, 1.82) is 0 Å². The van der Waals surface area contributed by atoms with Gasteiger partial charge in [-0.15, -0.1) is 0 Å². The van der Waals surface area contributed by atoms with Crippen LogP contribution in [0.1, 0.15) is 12.0 Å². The molecule has 1 unspecified atom stereocenters. The van der Waals surface area contributed by atoms with Gasteiger partial charge in [0.05, 0.1) is 32.4 Å². The molecule has 144 valence electrons. The number of hydrogen-bond acceptors (Lipinski definition) is 6. The minimum atomic E-state index is -0.563. The number of rotatable bonds is 7. The van der Waals surface area contributed by atoms with E-state index < -0.39 is 5.91 Å². The second-order valence-corrected chi connectivity index (χ2v) is 6.50. The highest BCUT2D eigenvalue weighted by Gasteiger charge is 2.26. The minimum absolute atomic E-state index is 0.0946. The van der Waals surface area contributed by atoms with E-state index in [4.69, 9.17) is 15.2 Å². The number of amides is 2. The van der Waals surface area contributed by atoms with Gasteiger partial charge in [0.25, 0.3) is 0 Å². The molecule has 1 aliphatic rings. The van der Waals surface area contributed by atoms with Crippen LogP contribution in [-0.2, 0) is 20.9 Å². The molecule has 1 aromatic heterocycles. The molecule has 27 heavy (non-hydrogen) atoms. The van der Waals surface area contributed by atoms with Gasteiger partial charge in [-0.1, -0.05) is 18.2 Å². The molecule has 8 heteroatoms. The molecule has 3 N–H and O–H groups in total. The van der Waals surface area contributed by atoms with Crippen LogP contribution in [0.4, 0.5) is 0 Å². The van der Waals surface area contributed by atoms with E-state index in [0.717, 1.165) is 16.5 Å². The SMILES string of the molecule is COc1nc2ccccc2cc1CN1CCOCC1CC(=O)NCC(N)=O. The molecule has 0 saturated carbocycles. The number of nitrogens with one attached hydrogen (secondary N) is 1. The molecule has 2 aromatic rings. The fraction of sp³-hybridized carbons (Fsp3) is 0.421. The van der Waals surface area contributed by atoms with Crippen molar-refractivity contribution in [3.63, 3.8) is 0 Å². The number of fused-ring (bicyclic) bond motifs is 1. The van der Waals surface area contributed by atoms with E-state index in [2.05, 4.69) is 21.3 Å². The lowest BCUT2D eigenvalue weighted by Crippen LogP contribution is -2.47. The van der Waals surface area contributed by atoms with Crippen molar-refractivity contribution in [3.8, 4) is 5.88 Å². The lowest BCUT2D eigenvalue weighted by molar-refractivity contribution is -0.127.